The van der Waals surface area contributed by atoms with E-state index in [0.29, 0.717) is 12.3 Å². The lowest BCUT2D eigenvalue weighted by atomic mass is 9.97. The molecule has 0 aromatic carbocycles. The Hall–Kier alpha value is -0.410. The second-order valence-electron chi connectivity index (χ2n) is 5.20. The highest BCUT2D eigenvalue weighted by atomic mass is 16.1. The van der Waals surface area contributed by atoms with E-state index in [9.17, 15) is 4.79 Å². The van der Waals surface area contributed by atoms with Crippen LogP contribution in [0.3, 0.4) is 0 Å². The first-order valence-electron chi connectivity index (χ1n) is 6.82. The van der Waals surface area contributed by atoms with E-state index in [1.807, 2.05) is 0 Å². The summed E-state index contributed by atoms with van der Waals surface area (Å²) < 4.78 is 0. The second-order valence-corrected chi connectivity index (χ2v) is 5.20. The van der Waals surface area contributed by atoms with Crippen LogP contribution in [0.1, 0.15) is 38.5 Å². The molecule has 2 rings (SSSR count). The summed E-state index contributed by atoms with van der Waals surface area (Å²) in [5, 5.41) is 3.38. The van der Waals surface area contributed by atoms with Gasteiger partial charge in [0.2, 0.25) is 0 Å². The molecule has 0 aromatic rings. The lowest BCUT2D eigenvalue weighted by Crippen LogP contribution is -2.38. The van der Waals surface area contributed by atoms with E-state index in [1.54, 1.807) is 0 Å². The summed E-state index contributed by atoms with van der Waals surface area (Å²) in [6.45, 7) is 4.96. The van der Waals surface area contributed by atoms with Gasteiger partial charge in [0, 0.05) is 12.5 Å². The van der Waals surface area contributed by atoms with Gasteiger partial charge in [-0.3, -0.25) is 9.69 Å². The van der Waals surface area contributed by atoms with E-state index in [-0.39, 0.29) is 5.92 Å². The normalized spacial score (nSPS) is 28.6. The molecular weight excluding hydrogens is 200 g/mol. The molecule has 1 unspecified atom stereocenters. The molecule has 16 heavy (non-hydrogen) atoms. The van der Waals surface area contributed by atoms with Crippen LogP contribution in [0.25, 0.3) is 0 Å². The van der Waals surface area contributed by atoms with Crippen LogP contribution in [0.2, 0.25) is 0 Å². The lowest BCUT2D eigenvalue weighted by Gasteiger charge is -2.27. The molecule has 0 saturated carbocycles. The minimum absolute atomic E-state index is 0.282. The zero-order valence-electron chi connectivity index (χ0n) is 10.2. The smallest absolute Gasteiger partial charge is 0.151 e. The van der Waals surface area contributed by atoms with Gasteiger partial charge in [0.15, 0.2) is 5.78 Å². The molecule has 1 atom stereocenters. The van der Waals surface area contributed by atoms with Crippen molar-refractivity contribution in [2.45, 2.75) is 38.5 Å². The highest BCUT2D eigenvalue weighted by Gasteiger charge is 2.22. The Morgan fingerprint density at radius 1 is 1.12 bits per heavy atom. The van der Waals surface area contributed by atoms with Gasteiger partial charge in [-0.15, -0.1) is 0 Å². The van der Waals surface area contributed by atoms with Crippen molar-refractivity contribution in [1.82, 2.24) is 10.2 Å². The molecule has 2 fully saturated rings. The Morgan fingerprint density at radius 3 is 2.75 bits per heavy atom. The fraction of sp³-hybridized carbons (Fsp3) is 0.923. The van der Waals surface area contributed by atoms with E-state index in [0.717, 1.165) is 32.6 Å². The number of nitrogens with one attached hydrogen (secondary N) is 1. The van der Waals surface area contributed by atoms with Crippen LogP contribution in [0.15, 0.2) is 0 Å². The van der Waals surface area contributed by atoms with Crippen LogP contribution < -0.4 is 5.32 Å². The number of carbonyl (C=O) groups is 1. The van der Waals surface area contributed by atoms with Crippen LogP contribution in [0.4, 0.5) is 0 Å². The summed E-state index contributed by atoms with van der Waals surface area (Å²) in [4.78, 5) is 14.5. The molecule has 2 aliphatic rings. The fourth-order valence-electron chi connectivity index (χ4n) is 2.76. The molecule has 1 N–H and O–H groups in total. The van der Waals surface area contributed by atoms with Crippen LogP contribution in [0, 0.1) is 5.92 Å². The number of nitrogens with zero attached hydrogens (tertiary/aromatic N) is 1. The van der Waals surface area contributed by atoms with Crippen molar-refractivity contribution in [3.05, 3.63) is 0 Å². The monoisotopic (exact) mass is 224 g/mol. The number of hydrogen-bond acceptors (Lipinski definition) is 3. The van der Waals surface area contributed by atoms with Crippen molar-refractivity contribution in [2.75, 3.05) is 32.7 Å². The van der Waals surface area contributed by atoms with Crippen molar-refractivity contribution in [2.24, 2.45) is 5.92 Å². The van der Waals surface area contributed by atoms with Gasteiger partial charge >= 0.3 is 0 Å². The Kier molecular flexibility index (Phi) is 4.79. The van der Waals surface area contributed by atoms with Crippen LogP contribution in [-0.4, -0.2) is 43.4 Å². The summed E-state index contributed by atoms with van der Waals surface area (Å²) in [7, 11) is 0. The summed E-state index contributed by atoms with van der Waals surface area (Å²) >= 11 is 0. The van der Waals surface area contributed by atoms with Gasteiger partial charge in [-0.05, 0) is 45.3 Å². The largest absolute Gasteiger partial charge is 0.316 e. The predicted octanol–water partition coefficient (Wildman–Crippen LogP) is 1.43. The topological polar surface area (TPSA) is 32.3 Å². The first-order valence-corrected chi connectivity index (χ1v) is 6.82. The fourth-order valence-corrected chi connectivity index (χ4v) is 2.76. The molecule has 3 heteroatoms. The summed E-state index contributed by atoms with van der Waals surface area (Å²) in [5.41, 5.74) is 0. The van der Waals surface area contributed by atoms with E-state index >= 15 is 0 Å². The summed E-state index contributed by atoms with van der Waals surface area (Å²) in [5.74, 6) is 0.751. The number of rotatable bonds is 3. The Labute approximate surface area is 98.6 Å². The van der Waals surface area contributed by atoms with Gasteiger partial charge in [-0.2, -0.15) is 0 Å². The molecule has 0 amide bonds. The first kappa shape index (κ1) is 12.1. The molecule has 3 nitrogen and oxygen atoms in total. The minimum Gasteiger partial charge on any atom is -0.316 e. The standard InChI is InChI=1S/C13H24N2O/c16-13(11-15-8-4-1-5-9-15)12-6-2-3-7-14-10-12/h12,14H,1-11H2. The maximum absolute atomic E-state index is 12.1. The van der Waals surface area contributed by atoms with Gasteiger partial charge in [0.1, 0.15) is 0 Å². The number of likely N-dealkylation sites (tertiary alicyclic amines) is 1. The van der Waals surface area contributed by atoms with Gasteiger partial charge in [0.05, 0.1) is 6.54 Å². The third-order valence-electron chi connectivity index (χ3n) is 3.83. The molecule has 0 aromatic heterocycles. The number of ketones is 1. The third-order valence-corrected chi connectivity index (χ3v) is 3.83. The molecule has 92 valence electrons. The van der Waals surface area contributed by atoms with Gasteiger partial charge in [-0.1, -0.05) is 12.8 Å². The zero-order valence-corrected chi connectivity index (χ0v) is 10.2. The average molecular weight is 224 g/mol. The summed E-state index contributed by atoms with van der Waals surface area (Å²) in [6.07, 6.45) is 7.43. The number of Topliss-reactive ketones (excluding diaryl/α,β-unsaturated/α-hetero) is 1. The van der Waals surface area contributed by atoms with Crippen molar-refractivity contribution in [3.63, 3.8) is 0 Å². The SMILES string of the molecule is O=C(CN1CCCCC1)C1CCCCNC1. The first-order chi connectivity index (χ1) is 7.86. The maximum Gasteiger partial charge on any atom is 0.151 e. The molecule has 0 bridgehead atoms. The lowest BCUT2D eigenvalue weighted by molar-refractivity contribution is -0.124. The zero-order chi connectivity index (χ0) is 11.2. The average Bonchev–Trinajstić information content (AvgIpc) is 2.59. The molecule has 2 saturated heterocycles. The maximum atomic E-state index is 12.1. The predicted molar refractivity (Wildman–Crippen MR) is 65.5 cm³/mol. The molecule has 0 radical (unpaired) electrons. The highest BCUT2D eigenvalue weighted by Crippen LogP contribution is 2.15. The van der Waals surface area contributed by atoms with E-state index in [1.165, 1.54) is 32.1 Å². The van der Waals surface area contributed by atoms with E-state index < -0.39 is 0 Å². The summed E-state index contributed by atoms with van der Waals surface area (Å²) in [6, 6.07) is 0. The minimum atomic E-state index is 0.282. The molecule has 0 spiro atoms. The van der Waals surface area contributed by atoms with Crippen molar-refractivity contribution in [3.8, 4) is 0 Å². The van der Waals surface area contributed by atoms with Crippen molar-refractivity contribution >= 4 is 5.78 Å². The van der Waals surface area contributed by atoms with Crippen LogP contribution >= 0.6 is 0 Å². The third kappa shape index (κ3) is 3.56. The van der Waals surface area contributed by atoms with Gasteiger partial charge in [-0.25, -0.2) is 0 Å². The molecule has 2 aliphatic heterocycles. The van der Waals surface area contributed by atoms with E-state index in [2.05, 4.69) is 10.2 Å². The number of hydrogen-bond donors (Lipinski definition) is 1. The Morgan fingerprint density at radius 2 is 1.94 bits per heavy atom. The highest BCUT2D eigenvalue weighted by molar-refractivity contribution is 5.83. The number of carbonyl (C=O) groups excluding carboxylic acids is 1. The Balaban J connectivity index is 1.76. The molecular formula is C13H24N2O. The Bertz CT molecular complexity index is 216. The number of piperidine rings is 1. The quantitative estimate of drug-likeness (QED) is 0.787. The van der Waals surface area contributed by atoms with E-state index in [4.69, 9.17) is 0 Å². The van der Waals surface area contributed by atoms with Crippen LogP contribution in [0.5, 0.6) is 0 Å². The van der Waals surface area contributed by atoms with Crippen molar-refractivity contribution < 1.29 is 4.79 Å². The van der Waals surface area contributed by atoms with Crippen molar-refractivity contribution in [1.29, 1.82) is 0 Å². The van der Waals surface area contributed by atoms with Gasteiger partial charge < -0.3 is 5.32 Å². The van der Waals surface area contributed by atoms with Crippen LogP contribution in [-0.2, 0) is 4.79 Å². The molecule has 0 aliphatic carbocycles. The second kappa shape index (κ2) is 6.36. The van der Waals surface area contributed by atoms with Gasteiger partial charge in [0.25, 0.3) is 0 Å². The molecule has 2 heterocycles.